The van der Waals surface area contributed by atoms with Gasteiger partial charge < -0.3 is 14.7 Å². The molecule has 150 valence electrons. The average molecular weight is 413 g/mol. The van der Waals surface area contributed by atoms with Gasteiger partial charge in [-0.05, 0) is 24.6 Å². The summed E-state index contributed by atoms with van der Waals surface area (Å²) in [4.78, 5) is 20.1. The van der Waals surface area contributed by atoms with Gasteiger partial charge in [-0.1, -0.05) is 29.5 Å². The minimum atomic E-state index is -0.450. The van der Waals surface area contributed by atoms with Gasteiger partial charge in [0, 0.05) is 43.3 Å². The summed E-state index contributed by atoms with van der Waals surface area (Å²) < 4.78 is 21.5. The van der Waals surface area contributed by atoms with Crippen molar-refractivity contribution >= 4 is 27.5 Å². The number of rotatable bonds is 5. The Morgan fingerprint density at radius 3 is 2.83 bits per heavy atom. The lowest BCUT2D eigenvalue weighted by Crippen LogP contribution is -2.49. The number of nitrogens with zero attached hydrogens (tertiary/aromatic N) is 3. The zero-order valence-electron chi connectivity index (χ0n) is 15.6. The molecule has 0 radical (unpaired) electrons. The number of aliphatic hydroxyl groups excluding tert-OH is 1. The molecule has 5 rings (SSSR count). The van der Waals surface area contributed by atoms with Crippen LogP contribution in [-0.4, -0.2) is 57.6 Å². The molecule has 6 nitrogen and oxygen atoms in total. The lowest BCUT2D eigenvalue weighted by Gasteiger charge is -2.34. The second-order valence-corrected chi connectivity index (χ2v) is 8.47. The van der Waals surface area contributed by atoms with E-state index in [4.69, 9.17) is 9.84 Å². The summed E-state index contributed by atoms with van der Waals surface area (Å²) >= 11 is 1.43. The normalized spacial score (nSPS) is 21.2. The molecule has 1 amide bonds. The van der Waals surface area contributed by atoms with E-state index in [1.807, 2.05) is 24.3 Å². The number of carbonyl (C=O) groups excluding carboxylic acids is 1. The average Bonchev–Trinajstić information content (AvgIpc) is 3.42. The molecule has 29 heavy (non-hydrogen) atoms. The highest BCUT2D eigenvalue weighted by Crippen LogP contribution is 2.34. The van der Waals surface area contributed by atoms with Crippen LogP contribution >= 0.6 is 11.3 Å². The number of likely N-dealkylation sites (tertiary alicyclic amines) is 2. The van der Waals surface area contributed by atoms with E-state index >= 15 is 0 Å². The number of aliphatic hydroxyl groups is 1. The lowest BCUT2D eigenvalue weighted by atomic mass is 10.1. The number of piperazine rings is 1. The molecule has 0 spiro atoms. The maximum atomic E-state index is 14.7. The van der Waals surface area contributed by atoms with Gasteiger partial charge in [0.25, 0.3) is 5.19 Å². The quantitative estimate of drug-likeness (QED) is 0.697. The minimum Gasteiger partial charge on any atom is -0.431 e. The molecule has 2 aliphatic heterocycles. The largest absolute Gasteiger partial charge is 0.431 e. The van der Waals surface area contributed by atoms with E-state index in [2.05, 4.69) is 9.88 Å². The summed E-state index contributed by atoms with van der Waals surface area (Å²) in [5, 5.41) is 9.55. The molecule has 0 saturated carbocycles. The van der Waals surface area contributed by atoms with E-state index in [-0.39, 0.29) is 23.8 Å². The van der Waals surface area contributed by atoms with Crippen molar-refractivity contribution in [2.45, 2.75) is 25.0 Å². The van der Waals surface area contributed by atoms with Crippen molar-refractivity contribution in [1.29, 1.82) is 0 Å². The van der Waals surface area contributed by atoms with Crippen LogP contribution in [-0.2, 0) is 11.3 Å². The predicted molar refractivity (Wildman–Crippen MR) is 107 cm³/mol. The van der Waals surface area contributed by atoms with Gasteiger partial charge in [-0.2, -0.15) is 0 Å². The number of para-hydroxylation sites is 1. The second kappa shape index (κ2) is 7.37. The first-order valence-corrected chi connectivity index (χ1v) is 10.4. The molecule has 0 aliphatic carbocycles. The highest BCUT2D eigenvalue weighted by atomic mass is 32.1. The number of benzene rings is 2. The maximum absolute atomic E-state index is 14.7. The van der Waals surface area contributed by atoms with Gasteiger partial charge in [0.2, 0.25) is 5.91 Å². The highest BCUT2D eigenvalue weighted by Gasteiger charge is 2.44. The van der Waals surface area contributed by atoms with E-state index in [1.165, 1.54) is 17.4 Å². The van der Waals surface area contributed by atoms with Crippen molar-refractivity contribution in [3.8, 4) is 10.9 Å². The molecule has 3 heterocycles. The van der Waals surface area contributed by atoms with Crippen LogP contribution in [0.3, 0.4) is 0 Å². The van der Waals surface area contributed by atoms with Crippen LogP contribution < -0.4 is 4.74 Å². The third-order valence-electron chi connectivity index (χ3n) is 5.69. The minimum absolute atomic E-state index is 0.115. The Labute approximate surface area is 171 Å². The van der Waals surface area contributed by atoms with E-state index in [0.717, 1.165) is 16.6 Å². The van der Waals surface area contributed by atoms with Crippen molar-refractivity contribution in [2.24, 2.45) is 0 Å². The number of halogens is 1. The number of thiazole rings is 1. The van der Waals surface area contributed by atoms with Crippen molar-refractivity contribution in [2.75, 3.05) is 19.7 Å². The zero-order valence-corrected chi connectivity index (χ0v) is 16.4. The third-order valence-corrected chi connectivity index (χ3v) is 6.60. The first-order valence-electron chi connectivity index (χ1n) is 9.57. The third kappa shape index (κ3) is 3.48. The number of hydrogen-bond acceptors (Lipinski definition) is 6. The number of hydrogen-bond donors (Lipinski definition) is 1. The molecule has 2 fully saturated rings. The van der Waals surface area contributed by atoms with Crippen LogP contribution in [0, 0.1) is 5.82 Å². The topological polar surface area (TPSA) is 65.9 Å². The molecule has 2 aliphatic rings. The fourth-order valence-electron chi connectivity index (χ4n) is 4.27. The lowest BCUT2D eigenvalue weighted by molar-refractivity contribution is -0.136. The standard InChI is InChI=1S/C21H20FN3O3S/c22-17-8-16(28-21-23-18-3-1-2-4-19(18)29-21)6-5-13(17)9-24-10-15-7-14(24)11-25(15)20(27)12-26/h1-6,8,14-15,26H,7,9-12H2/t14-,15-/m0/s1. The summed E-state index contributed by atoms with van der Waals surface area (Å²) in [5.74, 6) is -0.109. The molecular weight excluding hydrogens is 393 g/mol. The van der Waals surface area contributed by atoms with E-state index < -0.39 is 6.61 Å². The fraction of sp³-hybridized carbons (Fsp3) is 0.333. The molecule has 8 heteroatoms. The fourth-order valence-corrected chi connectivity index (χ4v) is 5.11. The summed E-state index contributed by atoms with van der Waals surface area (Å²) in [6.45, 7) is 1.35. The van der Waals surface area contributed by atoms with Gasteiger partial charge in [-0.3, -0.25) is 9.69 Å². The number of fused-ring (bicyclic) bond motifs is 3. The molecule has 2 saturated heterocycles. The Kier molecular flexibility index (Phi) is 4.69. The Morgan fingerprint density at radius 1 is 1.24 bits per heavy atom. The van der Waals surface area contributed by atoms with Gasteiger partial charge in [0.05, 0.1) is 10.2 Å². The summed E-state index contributed by atoms with van der Waals surface area (Å²) in [7, 11) is 0. The predicted octanol–water partition coefficient (Wildman–Crippen LogP) is 3.01. The monoisotopic (exact) mass is 413 g/mol. The zero-order chi connectivity index (χ0) is 20.0. The van der Waals surface area contributed by atoms with Crippen LogP contribution in [0.5, 0.6) is 10.9 Å². The Balaban J connectivity index is 1.25. The summed E-state index contributed by atoms with van der Waals surface area (Å²) in [6, 6.07) is 13.0. The van der Waals surface area contributed by atoms with E-state index in [1.54, 1.807) is 17.0 Å². The summed E-state index contributed by atoms with van der Waals surface area (Å²) in [5.41, 5.74) is 1.47. The SMILES string of the molecule is O=C(CO)N1C[C@@H]2C[C@H]1CN2Cc1ccc(Oc2nc3ccccc3s2)cc1F. The van der Waals surface area contributed by atoms with Crippen molar-refractivity contribution in [3.63, 3.8) is 0 Å². The smallest absolute Gasteiger partial charge is 0.279 e. The first kappa shape index (κ1) is 18.5. The molecule has 0 unspecified atom stereocenters. The summed E-state index contributed by atoms with van der Waals surface area (Å²) in [6.07, 6.45) is 0.881. The molecule has 3 aromatic rings. The molecule has 1 N–H and O–H groups in total. The highest BCUT2D eigenvalue weighted by molar-refractivity contribution is 7.20. The Bertz CT molecular complexity index is 1040. The van der Waals surface area contributed by atoms with Crippen molar-refractivity contribution < 1.29 is 19.0 Å². The Hall–Kier alpha value is -2.55. The van der Waals surface area contributed by atoms with Crippen LogP contribution in [0.1, 0.15) is 12.0 Å². The van der Waals surface area contributed by atoms with Crippen molar-refractivity contribution in [3.05, 3.63) is 53.8 Å². The Morgan fingerprint density at radius 2 is 2.10 bits per heavy atom. The van der Waals surface area contributed by atoms with Gasteiger partial charge in [-0.15, -0.1) is 0 Å². The van der Waals surface area contributed by atoms with Crippen LogP contribution in [0.25, 0.3) is 10.2 Å². The van der Waals surface area contributed by atoms with E-state index in [0.29, 0.717) is 36.1 Å². The molecule has 2 aromatic carbocycles. The van der Waals surface area contributed by atoms with Gasteiger partial charge in [0.1, 0.15) is 18.2 Å². The van der Waals surface area contributed by atoms with Gasteiger partial charge in [0.15, 0.2) is 0 Å². The van der Waals surface area contributed by atoms with Crippen LogP contribution in [0.15, 0.2) is 42.5 Å². The number of aromatic nitrogens is 1. The molecule has 1 aromatic heterocycles. The number of ether oxygens (including phenoxy) is 1. The number of amides is 1. The van der Waals surface area contributed by atoms with Gasteiger partial charge >= 0.3 is 0 Å². The molecule has 2 atom stereocenters. The molecule has 2 bridgehead atoms. The van der Waals surface area contributed by atoms with Gasteiger partial charge in [-0.25, -0.2) is 9.37 Å². The second-order valence-electron chi connectivity index (χ2n) is 7.48. The number of carbonyl (C=O) groups is 1. The maximum Gasteiger partial charge on any atom is 0.279 e. The van der Waals surface area contributed by atoms with E-state index in [9.17, 15) is 9.18 Å². The first-order chi connectivity index (χ1) is 14.1. The van der Waals surface area contributed by atoms with Crippen LogP contribution in [0.2, 0.25) is 0 Å². The molecular formula is C21H20FN3O3S. The van der Waals surface area contributed by atoms with Crippen LogP contribution in [0.4, 0.5) is 4.39 Å². The van der Waals surface area contributed by atoms with Crippen molar-refractivity contribution in [1.82, 2.24) is 14.8 Å².